The van der Waals surface area contributed by atoms with E-state index in [1.807, 2.05) is 20.8 Å². The summed E-state index contributed by atoms with van der Waals surface area (Å²) in [5, 5.41) is 12.9. The second-order valence-corrected chi connectivity index (χ2v) is 4.55. The van der Waals surface area contributed by atoms with Gasteiger partial charge in [-0.05, 0) is 20.3 Å². The van der Waals surface area contributed by atoms with Crippen LogP contribution in [-0.2, 0) is 9.59 Å². The maximum Gasteiger partial charge on any atom is 0.322 e. The SMILES string of the molecule is CCC(C)(C)N(C)C(=O)NCC(=O)NCC(=O)O. The molecule has 18 heavy (non-hydrogen) atoms. The number of carbonyl (C=O) groups is 3. The molecule has 0 aromatic rings. The van der Waals surface area contributed by atoms with Gasteiger partial charge in [0.2, 0.25) is 5.91 Å². The van der Waals surface area contributed by atoms with Crippen molar-refractivity contribution in [3.05, 3.63) is 0 Å². The van der Waals surface area contributed by atoms with Crippen molar-refractivity contribution in [1.82, 2.24) is 15.5 Å². The van der Waals surface area contributed by atoms with Gasteiger partial charge in [-0.15, -0.1) is 0 Å². The van der Waals surface area contributed by atoms with Gasteiger partial charge < -0.3 is 20.6 Å². The molecule has 0 radical (unpaired) electrons. The first-order valence-corrected chi connectivity index (χ1v) is 5.71. The average molecular weight is 259 g/mol. The fourth-order valence-electron chi connectivity index (χ4n) is 1.02. The molecule has 0 aliphatic rings. The second-order valence-electron chi connectivity index (χ2n) is 4.55. The number of hydrogen-bond acceptors (Lipinski definition) is 3. The zero-order valence-corrected chi connectivity index (χ0v) is 11.2. The predicted octanol–water partition coefficient (Wildman–Crippen LogP) is 0.0172. The Hall–Kier alpha value is -1.79. The zero-order valence-electron chi connectivity index (χ0n) is 11.2. The molecule has 0 fully saturated rings. The molecule has 0 saturated heterocycles. The van der Waals surface area contributed by atoms with Crippen molar-refractivity contribution in [3.8, 4) is 0 Å². The fraction of sp³-hybridized carbons (Fsp3) is 0.727. The molecule has 0 aromatic heterocycles. The first kappa shape index (κ1) is 16.2. The van der Waals surface area contributed by atoms with Crippen molar-refractivity contribution < 1.29 is 19.5 Å². The Kier molecular flexibility index (Phi) is 6.15. The molecule has 0 atom stereocenters. The Labute approximate surface area is 107 Å². The molecule has 7 nitrogen and oxygen atoms in total. The van der Waals surface area contributed by atoms with Crippen LogP contribution in [0.3, 0.4) is 0 Å². The quantitative estimate of drug-likeness (QED) is 0.626. The summed E-state index contributed by atoms with van der Waals surface area (Å²) in [6.07, 6.45) is 0.780. The summed E-state index contributed by atoms with van der Waals surface area (Å²) in [5.41, 5.74) is -0.304. The highest BCUT2D eigenvalue weighted by Crippen LogP contribution is 2.15. The Bertz CT molecular complexity index is 328. The number of nitrogens with zero attached hydrogens (tertiary/aromatic N) is 1. The van der Waals surface area contributed by atoms with Crippen molar-refractivity contribution >= 4 is 17.9 Å². The molecule has 3 amide bonds. The van der Waals surface area contributed by atoms with Crippen molar-refractivity contribution in [3.63, 3.8) is 0 Å². The van der Waals surface area contributed by atoms with Crippen molar-refractivity contribution in [2.75, 3.05) is 20.1 Å². The van der Waals surface area contributed by atoms with Crippen LogP contribution in [-0.4, -0.2) is 53.6 Å². The highest BCUT2D eigenvalue weighted by atomic mass is 16.4. The van der Waals surface area contributed by atoms with E-state index in [2.05, 4.69) is 10.6 Å². The molecule has 0 heterocycles. The Morgan fingerprint density at radius 1 is 1.17 bits per heavy atom. The fourth-order valence-corrected chi connectivity index (χ4v) is 1.02. The first-order valence-electron chi connectivity index (χ1n) is 5.71. The van der Waals surface area contributed by atoms with Gasteiger partial charge in [-0.3, -0.25) is 9.59 Å². The highest BCUT2D eigenvalue weighted by molar-refractivity contribution is 5.86. The molecule has 7 heteroatoms. The molecule has 0 spiro atoms. The third kappa shape index (κ3) is 5.51. The molecule has 3 N–H and O–H groups in total. The van der Waals surface area contributed by atoms with Crippen LogP contribution in [0, 0.1) is 0 Å². The van der Waals surface area contributed by atoms with Gasteiger partial charge in [0.1, 0.15) is 6.54 Å². The van der Waals surface area contributed by atoms with Crippen LogP contribution in [0.4, 0.5) is 4.79 Å². The van der Waals surface area contributed by atoms with Gasteiger partial charge in [0, 0.05) is 12.6 Å². The van der Waals surface area contributed by atoms with Crippen LogP contribution in [0.5, 0.6) is 0 Å². The molecule has 0 saturated carbocycles. The summed E-state index contributed by atoms with van der Waals surface area (Å²) in [5.74, 6) is -1.66. The largest absolute Gasteiger partial charge is 0.480 e. The van der Waals surface area contributed by atoms with E-state index in [1.165, 1.54) is 4.90 Å². The number of carboxylic acid groups (broad SMARTS) is 1. The Morgan fingerprint density at radius 3 is 2.17 bits per heavy atom. The minimum Gasteiger partial charge on any atom is -0.480 e. The van der Waals surface area contributed by atoms with Crippen molar-refractivity contribution in [1.29, 1.82) is 0 Å². The van der Waals surface area contributed by atoms with Gasteiger partial charge >= 0.3 is 12.0 Å². The number of carboxylic acids is 1. The lowest BCUT2D eigenvalue weighted by Gasteiger charge is -2.34. The third-order valence-corrected chi connectivity index (χ3v) is 2.91. The van der Waals surface area contributed by atoms with Gasteiger partial charge in [0.25, 0.3) is 0 Å². The molecule has 0 rings (SSSR count). The summed E-state index contributed by atoms with van der Waals surface area (Å²) >= 11 is 0. The molecule has 104 valence electrons. The van der Waals surface area contributed by atoms with E-state index in [0.29, 0.717) is 0 Å². The van der Waals surface area contributed by atoms with Gasteiger partial charge in [-0.1, -0.05) is 6.92 Å². The minimum absolute atomic E-state index is 0.240. The maximum atomic E-state index is 11.7. The molecule has 0 aliphatic carbocycles. The van der Waals surface area contributed by atoms with Crippen LogP contribution in [0.15, 0.2) is 0 Å². The smallest absolute Gasteiger partial charge is 0.322 e. The summed E-state index contributed by atoms with van der Waals surface area (Å²) in [6.45, 7) is 5.10. The number of aliphatic carboxylic acids is 1. The average Bonchev–Trinajstić information content (AvgIpc) is 2.32. The molecule has 0 aliphatic heterocycles. The summed E-state index contributed by atoms with van der Waals surface area (Å²) in [4.78, 5) is 34.6. The van der Waals surface area contributed by atoms with Gasteiger partial charge in [0.15, 0.2) is 0 Å². The first-order chi connectivity index (χ1) is 8.20. The summed E-state index contributed by atoms with van der Waals surface area (Å²) in [7, 11) is 1.65. The van der Waals surface area contributed by atoms with Crippen LogP contribution in [0.1, 0.15) is 27.2 Å². The van der Waals surface area contributed by atoms with Crippen LogP contribution >= 0.6 is 0 Å². The number of carbonyl (C=O) groups excluding carboxylic acids is 2. The molecular weight excluding hydrogens is 238 g/mol. The predicted molar refractivity (Wildman–Crippen MR) is 66.2 cm³/mol. The third-order valence-electron chi connectivity index (χ3n) is 2.91. The van der Waals surface area contributed by atoms with E-state index in [1.54, 1.807) is 7.05 Å². The van der Waals surface area contributed by atoms with E-state index in [0.717, 1.165) is 6.42 Å². The number of urea groups is 1. The van der Waals surface area contributed by atoms with E-state index < -0.39 is 18.4 Å². The molecule has 0 unspecified atom stereocenters. The van der Waals surface area contributed by atoms with Gasteiger partial charge in [-0.2, -0.15) is 0 Å². The van der Waals surface area contributed by atoms with Crippen LogP contribution in [0.25, 0.3) is 0 Å². The Balaban J connectivity index is 4.11. The minimum atomic E-state index is -1.13. The summed E-state index contributed by atoms with van der Waals surface area (Å²) in [6, 6.07) is -0.368. The van der Waals surface area contributed by atoms with Crippen LogP contribution < -0.4 is 10.6 Å². The van der Waals surface area contributed by atoms with Gasteiger partial charge in [-0.25, -0.2) is 4.79 Å². The maximum absolute atomic E-state index is 11.7. The van der Waals surface area contributed by atoms with E-state index in [4.69, 9.17) is 5.11 Å². The lowest BCUT2D eigenvalue weighted by molar-refractivity contribution is -0.137. The molecular formula is C11H21N3O4. The molecule has 0 bridgehead atoms. The number of amides is 3. The second kappa shape index (κ2) is 6.83. The lowest BCUT2D eigenvalue weighted by Crippen LogP contribution is -2.51. The highest BCUT2D eigenvalue weighted by Gasteiger charge is 2.25. The zero-order chi connectivity index (χ0) is 14.3. The van der Waals surface area contributed by atoms with Crippen molar-refractivity contribution in [2.24, 2.45) is 0 Å². The monoisotopic (exact) mass is 259 g/mol. The van der Waals surface area contributed by atoms with E-state index in [9.17, 15) is 14.4 Å². The lowest BCUT2D eigenvalue weighted by atomic mass is 10.0. The van der Waals surface area contributed by atoms with Crippen LogP contribution in [0.2, 0.25) is 0 Å². The Morgan fingerprint density at radius 2 is 1.72 bits per heavy atom. The number of hydrogen-bond donors (Lipinski definition) is 3. The molecule has 0 aromatic carbocycles. The topological polar surface area (TPSA) is 98.7 Å². The number of rotatable bonds is 6. The summed E-state index contributed by atoms with van der Waals surface area (Å²) < 4.78 is 0. The standard InChI is InChI=1S/C11H21N3O4/c1-5-11(2,3)14(4)10(18)13-6-8(15)12-7-9(16)17/h5-7H2,1-4H3,(H,12,15)(H,13,18)(H,16,17). The van der Waals surface area contributed by atoms with Crippen molar-refractivity contribution in [2.45, 2.75) is 32.7 Å². The number of nitrogens with one attached hydrogen (secondary N) is 2. The van der Waals surface area contributed by atoms with E-state index >= 15 is 0 Å². The van der Waals surface area contributed by atoms with E-state index in [-0.39, 0.29) is 18.1 Å². The normalized spacial score (nSPS) is 10.7. The van der Waals surface area contributed by atoms with Gasteiger partial charge in [0.05, 0.1) is 6.54 Å².